The number of nitrogens with zero attached hydrogens (tertiary/aromatic N) is 3. The molecule has 8 nitrogen and oxygen atoms in total. The molecule has 2 N–H and O–H groups in total. The molecular formula is C27H33F6N3O5. The molecule has 1 aromatic rings. The van der Waals surface area contributed by atoms with E-state index in [-0.39, 0.29) is 49.4 Å². The van der Waals surface area contributed by atoms with Crippen molar-refractivity contribution in [3.63, 3.8) is 0 Å². The van der Waals surface area contributed by atoms with E-state index in [4.69, 9.17) is 0 Å². The molecule has 3 atom stereocenters. The molecule has 1 saturated carbocycles. The van der Waals surface area contributed by atoms with Crippen molar-refractivity contribution >= 4 is 17.7 Å². The van der Waals surface area contributed by atoms with Crippen molar-refractivity contribution < 1.29 is 50.9 Å². The van der Waals surface area contributed by atoms with Crippen molar-refractivity contribution in [3.05, 3.63) is 34.9 Å². The number of hydrogen-bond donors (Lipinski definition) is 2. The van der Waals surface area contributed by atoms with E-state index in [1.807, 2.05) is 0 Å². The standard InChI is InChI=1S/C27H33F6N3O5/c1-16-24(41)36(18(15-37)3-5-22(39)34-9-8-25(6-7-25)21(38)14-34)11-10-35(16)23(40)13-17-2-4-19(26(28,29)30)20(12-17)27(31,32)33/h2,4,12,16,18,21,37-38H,3,5-11,13-15H2,1H3/t16-,18-,21+/m0/s1. The molecule has 0 aromatic heterocycles. The lowest BCUT2D eigenvalue weighted by atomic mass is 9.90. The van der Waals surface area contributed by atoms with Gasteiger partial charge in [-0.05, 0) is 55.7 Å². The van der Waals surface area contributed by atoms with Crippen LogP contribution in [-0.2, 0) is 33.2 Å². The summed E-state index contributed by atoms with van der Waals surface area (Å²) < 4.78 is 79.0. The fourth-order valence-electron chi connectivity index (χ4n) is 5.84. The maximum absolute atomic E-state index is 13.3. The summed E-state index contributed by atoms with van der Waals surface area (Å²) in [5.41, 5.74) is -4.08. The van der Waals surface area contributed by atoms with Crippen LogP contribution in [0.2, 0.25) is 0 Å². The van der Waals surface area contributed by atoms with E-state index < -0.39 is 66.5 Å². The molecule has 2 aliphatic heterocycles. The number of carbonyl (C=O) groups is 3. The molecule has 0 bridgehead atoms. The average Bonchev–Trinajstić information content (AvgIpc) is 3.67. The monoisotopic (exact) mass is 593 g/mol. The summed E-state index contributed by atoms with van der Waals surface area (Å²) in [5, 5.41) is 20.3. The first kappa shape index (κ1) is 31.1. The third kappa shape index (κ3) is 6.63. The number of β-amino-alcohol motifs (C(OH)–C–C–N with tert-alkyl or cyclic N) is 1. The summed E-state index contributed by atoms with van der Waals surface area (Å²) in [6.45, 7) is 1.77. The van der Waals surface area contributed by atoms with Gasteiger partial charge in [0.05, 0.1) is 36.3 Å². The number of hydrogen-bond acceptors (Lipinski definition) is 5. The van der Waals surface area contributed by atoms with Crippen molar-refractivity contribution in [1.29, 1.82) is 0 Å². The summed E-state index contributed by atoms with van der Waals surface area (Å²) in [5.74, 6) is -1.45. The van der Waals surface area contributed by atoms with Gasteiger partial charge >= 0.3 is 12.4 Å². The number of aliphatic hydroxyl groups excluding tert-OH is 2. The molecule has 2 heterocycles. The second-order valence-corrected chi connectivity index (χ2v) is 11.2. The zero-order chi connectivity index (χ0) is 30.3. The molecule has 3 aliphatic rings. The lowest BCUT2D eigenvalue weighted by molar-refractivity contribution is -0.162. The summed E-state index contributed by atoms with van der Waals surface area (Å²) in [4.78, 5) is 42.9. The third-order valence-corrected chi connectivity index (χ3v) is 8.63. The van der Waals surface area contributed by atoms with Gasteiger partial charge in [0.25, 0.3) is 0 Å². The van der Waals surface area contributed by atoms with Gasteiger partial charge in [-0.25, -0.2) is 0 Å². The SMILES string of the molecule is C[C@H]1C(=O)N([C@H](CO)CCC(=O)N2CCC3(CC3)[C@H](O)C2)CCN1C(=O)Cc1ccc(C(F)(F)F)c(C(F)(F)F)c1. The number of piperidine rings is 1. The highest BCUT2D eigenvalue weighted by atomic mass is 19.4. The van der Waals surface area contributed by atoms with Gasteiger partial charge in [-0.15, -0.1) is 0 Å². The minimum Gasteiger partial charge on any atom is -0.394 e. The van der Waals surface area contributed by atoms with Gasteiger partial charge in [-0.1, -0.05) is 6.07 Å². The zero-order valence-corrected chi connectivity index (χ0v) is 22.5. The predicted octanol–water partition coefficient (Wildman–Crippen LogP) is 2.84. The molecule has 1 aromatic carbocycles. The Hall–Kier alpha value is -2.87. The molecule has 2 saturated heterocycles. The number of piperazine rings is 1. The number of likely N-dealkylation sites (tertiary alicyclic amines) is 1. The Morgan fingerprint density at radius 3 is 2.22 bits per heavy atom. The van der Waals surface area contributed by atoms with Gasteiger partial charge in [0.15, 0.2) is 0 Å². The van der Waals surface area contributed by atoms with Crippen molar-refractivity contribution in [2.24, 2.45) is 5.41 Å². The lowest BCUT2D eigenvalue weighted by Gasteiger charge is -2.42. The molecule has 228 valence electrons. The van der Waals surface area contributed by atoms with Crippen molar-refractivity contribution in [2.45, 2.75) is 76.0 Å². The number of alkyl halides is 6. The van der Waals surface area contributed by atoms with Crippen LogP contribution in [0.25, 0.3) is 0 Å². The van der Waals surface area contributed by atoms with Crippen molar-refractivity contribution in [3.8, 4) is 0 Å². The number of halogens is 6. The summed E-state index contributed by atoms with van der Waals surface area (Å²) in [6.07, 6.45) is -8.87. The highest BCUT2D eigenvalue weighted by Crippen LogP contribution is 2.53. The van der Waals surface area contributed by atoms with E-state index in [1.54, 1.807) is 4.90 Å². The minimum atomic E-state index is -5.29. The smallest absolute Gasteiger partial charge is 0.394 e. The summed E-state index contributed by atoms with van der Waals surface area (Å²) in [6, 6.07) is -0.346. The molecule has 41 heavy (non-hydrogen) atoms. The number of benzene rings is 1. The largest absolute Gasteiger partial charge is 0.417 e. The topological polar surface area (TPSA) is 101 Å². The first-order valence-corrected chi connectivity index (χ1v) is 13.5. The molecule has 14 heteroatoms. The quantitative estimate of drug-likeness (QED) is 0.474. The number of carbonyl (C=O) groups excluding carboxylic acids is 3. The molecule has 0 unspecified atom stereocenters. The summed E-state index contributed by atoms with van der Waals surface area (Å²) in [7, 11) is 0. The highest BCUT2D eigenvalue weighted by molar-refractivity contribution is 5.89. The Morgan fingerprint density at radius 1 is 1.00 bits per heavy atom. The maximum Gasteiger partial charge on any atom is 0.417 e. The van der Waals surface area contributed by atoms with Gasteiger partial charge in [-0.3, -0.25) is 14.4 Å². The van der Waals surface area contributed by atoms with Gasteiger partial charge in [0.2, 0.25) is 17.7 Å². The number of aliphatic hydroxyl groups is 2. The Morgan fingerprint density at radius 2 is 1.66 bits per heavy atom. The second-order valence-electron chi connectivity index (χ2n) is 11.2. The first-order chi connectivity index (χ1) is 19.1. The van der Waals surface area contributed by atoms with E-state index in [2.05, 4.69) is 0 Å². The molecule has 1 spiro atoms. The van der Waals surface area contributed by atoms with Gasteiger partial charge in [-0.2, -0.15) is 26.3 Å². The van der Waals surface area contributed by atoms with E-state index >= 15 is 0 Å². The molecule has 4 rings (SSSR count). The molecule has 3 fully saturated rings. The zero-order valence-electron chi connectivity index (χ0n) is 22.5. The number of rotatable bonds is 7. The van der Waals surface area contributed by atoms with E-state index in [0.717, 1.165) is 30.2 Å². The van der Waals surface area contributed by atoms with E-state index in [0.29, 0.717) is 18.7 Å². The van der Waals surface area contributed by atoms with Gasteiger partial charge < -0.3 is 24.9 Å². The van der Waals surface area contributed by atoms with Crippen molar-refractivity contribution in [1.82, 2.24) is 14.7 Å². The van der Waals surface area contributed by atoms with Crippen LogP contribution in [0.1, 0.15) is 55.7 Å². The normalized spacial score (nSPS) is 23.6. The molecule has 1 aliphatic carbocycles. The fraction of sp³-hybridized carbons (Fsp3) is 0.667. The van der Waals surface area contributed by atoms with Gasteiger partial charge in [0, 0.05) is 32.6 Å². The van der Waals surface area contributed by atoms with Crippen molar-refractivity contribution in [2.75, 3.05) is 32.8 Å². The molecule has 0 radical (unpaired) electrons. The van der Waals surface area contributed by atoms with Crippen LogP contribution >= 0.6 is 0 Å². The Balaban J connectivity index is 1.35. The first-order valence-electron chi connectivity index (χ1n) is 13.5. The van der Waals surface area contributed by atoms with Crippen LogP contribution in [0, 0.1) is 5.41 Å². The Kier molecular flexibility index (Phi) is 8.66. The highest BCUT2D eigenvalue weighted by Gasteiger charge is 2.52. The van der Waals surface area contributed by atoms with Crippen LogP contribution in [0.15, 0.2) is 18.2 Å². The predicted molar refractivity (Wildman–Crippen MR) is 132 cm³/mol. The Labute approximate surface area is 232 Å². The Bertz CT molecular complexity index is 1170. The minimum absolute atomic E-state index is 0.0000908. The number of amides is 3. The van der Waals surface area contributed by atoms with Crippen LogP contribution < -0.4 is 0 Å². The van der Waals surface area contributed by atoms with E-state index in [1.165, 1.54) is 11.8 Å². The molecular weight excluding hydrogens is 560 g/mol. The third-order valence-electron chi connectivity index (χ3n) is 8.63. The fourth-order valence-corrected chi connectivity index (χ4v) is 5.84. The summed E-state index contributed by atoms with van der Waals surface area (Å²) >= 11 is 0. The maximum atomic E-state index is 13.3. The second kappa shape index (κ2) is 11.4. The van der Waals surface area contributed by atoms with E-state index in [9.17, 15) is 50.9 Å². The van der Waals surface area contributed by atoms with Crippen LogP contribution in [0.3, 0.4) is 0 Å². The van der Waals surface area contributed by atoms with Crippen LogP contribution in [-0.4, -0.2) is 93.6 Å². The van der Waals surface area contributed by atoms with Crippen LogP contribution in [0.5, 0.6) is 0 Å². The lowest BCUT2D eigenvalue weighted by Crippen LogP contribution is -2.61. The average molecular weight is 594 g/mol. The van der Waals surface area contributed by atoms with Crippen LogP contribution in [0.4, 0.5) is 26.3 Å². The van der Waals surface area contributed by atoms with Gasteiger partial charge in [0.1, 0.15) is 6.04 Å². The molecule has 3 amide bonds.